The van der Waals surface area contributed by atoms with Gasteiger partial charge in [0.05, 0.1) is 0 Å². The standard InChI is InChI=1S/C12H15NO4S/c1-12(2,11(15)16)18(17)7-8-3-5-9(6-4-8)10(13)14/h3-6H,7H2,1-2H3,(H2,13,14)(H,15,16). The number of rotatable bonds is 5. The molecule has 1 atom stereocenters. The lowest BCUT2D eigenvalue weighted by molar-refractivity contribution is -0.139. The Bertz CT molecular complexity index is 493. The number of primary amides is 1. The molecule has 1 aromatic rings. The highest BCUT2D eigenvalue weighted by Crippen LogP contribution is 2.18. The minimum absolute atomic E-state index is 0.123. The molecule has 6 heteroatoms. The largest absolute Gasteiger partial charge is 0.480 e. The zero-order valence-electron chi connectivity index (χ0n) is 10.2. The summed E-state index contributed by atoms with van der Waals surface area (Å²) in [6.45, 7) is 2.84. The van der Waals surface area contributed by atoms with E-state index < -0.39 is 27.4 Å². The van der Waals surface area contributed by atoms with E-state index in [4.69, 9.17) is 10.8 Å². The van der Waals surface area contributed by atoms with Crippen LogP contribution in [0.1, 0.15) is 29.8 Å². The van der Waals surface area contributed by atoms with E-state index >= 15 is 0 Å². The van der Waals surface area contributed by atoms with Gasteiger partial charge >= 0.3 is 5.97 Å². The molecule has 0 bridgehead atoms. The van der Waals surface area contributed by atoms with Crippen LogP contribution in [0.3, 0.4) is 0 Å². The molecule has 5 nitrogen and oxygen atoms in total. The van der Waals surface area contributed by atoms with E-state index in [0.29, 0.717) is 11.1 Å². The number of nitrogens with two attached hydrogens (primary N) is 1. The van der Waals surface area contributed by atoms with Gasteiger partial charge < -0.3 is 10.8 Å². The van der Waals surface area contributed by atoms with Crippen molar-refractivity contribution in [3.63, 3.8) is 0 Å². The molecule has 98 valence electrons. The molecule has 0 radical (unpaired) electrons. The number of aliphatic carboxylic acids is 1. The summed E-state index contributed by atoms with van der Waals surface area (Å²) in [7, 11) is -1.54. The van der Waals surface area contributed by atoms with Crippen LogP contribution in [-0.4, -0.2) is 25.9 Å². The zero-order valence-corrected chi connectivity index (χ0v) is 11.0. The van der Waals surface area contributed by atoms with Crippen molar-refractivity contribution in [2.75, 3.05) is 0 Å². The molecule has 0 aliphatic carbocycles. The lowest BCUT2D eigenvalue weighted by Gasteiger charge is -2.18. The Morgan fingerprint density at radius 2 is 1.78 bits per heavy atom. The number of carboxylic acid groups (broad SMARTS) is 1. The Hall–Kier alpha value is -1.69. The van der Waals surface area contributed by atoms with E-state index in [1.54, 1.807) is 12.1 Å². The molecule has 0 spiro atoms. The van der Waals surface area contributed by atoms with E-state index in [0.717, 1.165) is 0 Å². The minimum atomic E-state index is -1.54. The van der Waals surface area contributed by atoms with Gasteiger partial charge in [0.25, 0.3) is 0 Å². The predicted molar refractivity (Wildman–Crippen MR) is 68.5 cm³/mol. The zero-order chi connectivity index (χ0) is 13.9. The van der Waals surface area contributed by atoms with Crippen LogP contribution in [0.4, 0.5) is 0 Å². The van der Waals surface area contributed by atoms with Gasteiger partial charge in [0.15, 0.2) is 0 Å². The van der Waals surface area contributed by atoms with Gasteiger partial charge in [-0.25, -0.2) is 0 Å². The molecule has 0 saturated carbocycles. The molecule has 0 aromatic heterocycles. The average molecular weight is 269 g/mol. The van der Waals surface area contributed by atoms with E-state index in [2.05, 4.69) is 0 Å². The second kappa shape index (κ2) is 5.30. The minimum Gasteiger partial charge on any atom is -0.480 e. The lowest BCUT2D eigenvalue weighted by atomic mass is 10.1. The molecule has 1 rings (SSSR count). The van der Waals surface area contributed by atoms with Crippen LogP contribution < -0.4 is 5.73 Å². The number of amides is 1. The van der Waals surface area contributed by atoms with Gasteiger partial charge in [-0.2, -0.15) is 0 Å². The first kappa shape index (κ1) is 14.4. The Morgan fingerprint density at radius 1 is 1.28 bits per heavy atom. The summed E-state index contributed by atoms with van der Waals surface area (Å²) in [5.74, 6) is -1.51. The molecule has 1 unspecified atom stereocenters. The number of carboxylic acids is 1. The van der Waals surface area contributed by atoms with E-state index in [-0.39, 0.29) is 5.75 Å². The molecule has 0 aliphatic heterocycles. The molecule has 1 aromatic carbocycles. The smallest absolute Gasteiger partial charge is 0.321 e. The molecule has 0 fully saturated rings. The van der Waals surface area contributed by atoms with Crippen molar-refractivity contribution in [3.05, 3.63) is 35.4 Å². The van der Waals surface area contributed by atoms with Crippen LogP contribution in [0, 0.1) is 0 Å². The van der Waals surface area contributed by atoms with Crippen LogP contribution in [0.2, 0.25) is 0 Å². The molecule has 0 saturated heterocycles. The van der Waals surface area contributed by atoms with Crippen LogP contribution >= 0.6 is 0 Å². The van der Waals surface area contributed by atoms with Crippen molar-refractivity contribution in [2.45, 2.75) is 24.3 Å². The van der Waals surface area contributed by atoms with Crippen LogP contribution in [-0.2, 0) is 21.3 Å². The fourth-order valence-electron chi connectivity index (χ4n) is 1.19. The van der Waals surface area contributed by atoms with Crippen molar-refractivity contribution in [3.8, 4) is 0 Å². The average Bonchev–Trinajstić information content (AvgIpc) is 2.29. The predicted octanol–water partition coefficient (Wildman–Crippen LogP) is 0.897. The number of carbonyl (C=O) groups is 2. The summed E-state index contributed by atoms with van der Waals surface area (Å²) in [6, 6.07) is 6.30. The molecular weight excluding hydrogens is 254 g/mol. The highest BCUT2D eigenvalue weighted by atomic mass is 32.2. The Morgan fingerprint density at radius 3 is 2.17 bits per heavy atom. The molecule has 18 heavy (non-hydrogen) atoms. The molecule has 0 heterocycles. The first-order chi connectivity index (χ1) is 8.25. The van der Waals surface area contributed by atoms with Gasteiger partial charge in [-0.05, 0) is 31.5 Å². The lowest BCUT2D eigenvalue weighted by Crippen LogP contribution is -2.37. The molecule has 1 amide bonds. The summed E-state index contributed by atoms with van der Waals surface area (Å²) in [6.07, 6.45) is 0. The van der Waals surface area contributed by atoms with Crippen LogP contribution in [0.5, 0.6) is 0 Å². The highest BCUT2D eigenvalue weighted by Gasteiger charge is 2.34. The third kappa shape index (κ3) is 3.16. The Kier molecular flexibility index (Phi) is 4.24. The second-order valence-electron chi connectivity index (χ2n) is 4.37. The summed E-state index contributed by atoms with van der Waals surface area (Å²) in [5.41, 5.74) is 6.16. The molecule has 0 aliphatic rings. The first-order valence-electron chi connectivity index (χ1n) is 5.25. The molecular formula is C12H15NO4S. The monoisotopic (exact) mass is 269 g/mol. The number of carbonyl (C=O) groups excluding carboxylic acids is 1. The summed E-state index contributed by atoms with van der Waals surface area (Å²) in [5, 5.41) is 8.95. The van der Waals surface area contributed by atoms with Gasteiger partial charge in [-0.3, -0.25) is 13.8 Å². The van der Waals surface area contributed by atoms with Gasteiger partial charge in [0.1, 0.15) is 4.75 Å². The summed E-state index contributed by atoms with van der Waals surface area (Å²) in [4.78, 5) is 21.8. The van der Waals surface area contributed by atoms with Crippen molar-refractivity contribution < 1.29 is 18.9 Å². The quantitative estimate of drug-likeness (QED) is 0.829. The number of benzene rings is 1. The van der Waals surface area contributed by atoms with Crippen LogP contribution in [0.25, 0.3) is 0 Å². The van der Waals surface area contributed by atoms with Gasteiger partial charge in [0, 0.05) is 22.1 Å². The van der Waals surface area contributed by atoms with Gasteiger partial charge in [-0.15, -0.1) is 0 Å². The third-order valence-corrected chi connectivity index (χ3v) is 4.53. The van der Waals surface area contributed by atoms with Crippen molar-refractivity contribution in [1.29, 1.82) is 0 Å². The van der Waals surface area contributed by atoms with Gasteiger partial charge in [-0.1, -0.05) is 12.1 Å². The number of hydrogen-bond acceptors (Lipinski definition) is 3. The van der Waals surface area contributed by atoms with E-state index in [9.17, 15) is 13.8 Å². The normalized spacial score (nSPS) is 13.0. The maximum atomic E-state index is 11.9. The summed E-state index contributed by atoms with van der Waals surface area (Å²) < 4.78 is 10.6. The Labute approximate surface area is 107 Å². The van der Waals surface area contributed by atoms with Crippen molar-refractivity contribution >= 4 is 22.7 Å². The highest BCUT2D eigenvalue weighted by molar-refractivity contribution is 7.86. The van der Waals surface area contributed by atoms with Crippen molar-refractivity contribution in [1.82, 2.24) is 0 Å². The van der Waals surface area contributed by atoms with E-state index in [1.165, 1.54) is 26.0 Å². The maximum Gasteiger partial charge on any atom is 0.321 e. The molecule has 3 N–H and O–H groups in total. The maximum absolute atomic E-state index is 11.9. The Balaban J connectivity index is 2.83. The van der Waals surface area contributed by atoms with Crippen LogP contribution in [0.15, 0.2) is 24.3 Å². The fraction of sp³-hybridized carbons (Fsp3) is 0.333. The fourth-order valence-corrected chi connectivity index (χ4v) is 2.25. The third-order valence-electron chi connectivity index (χ3n) is 2.62. The second-order valence-corrected chi connectivity index (χ2v) is 6.37. The SMILES string of the molecule is CC(C)(C(=O)O)S(=O)Cc1ccc(C(N)=O)cc1. The first-order valence-corrected chi connectivity index (χ1v) is 6.57. The van der Waals surface area contributed by atoms with E-state index in [1.807, 2.05) is 0 Å². The number of hydrogen-bond donors (Lipinski definition) is 2. The van der Waals surface area contributed by atoms with Crippen molar-refractivity contribution in [2.24, 2.45) is 5.73 Å². The topological polar surface area (TPSA) is 97.5 Å². The summed E-state index contributed by atoms with van der Waals surface area (Å²) >= 11 is 0. The van der Waals surface area contributed by atoms with Gasteiger partial charge in [0.2, 0.25) is 5.91 Å².